The molecule has 3 N–H and O–H groups in total. The molecule has 0 heterocycles. The number of phenolic OH excluding ortho intramolecular Hbond substituents is 1. The van der Waals surface area contributed by atoms with E-state index in [0.717, 1.165) is 31.2 Å². The van der Waals surface area contributed by atoms with E-state index in [1.54, 1.807) is 6.07 Å². The summed E-state index contributed by atoms with van der Waals surface area (Å²) in [6.45, 7) is 0.547. The first kappa shape index (κ1) is 12.5. The Labute approximate surface area is 107 Å². The lowest BCUT2D eigenvalue weighted by atomic mass is 9.78. The van der Waals surface area contributed by atoms with Crippen molar-refractivity contribution in [3.8, 4) is 11.5 Å². The molecule has 2 rings (SSSR count). The number of hydrogen-bond donors (Lipinski definition) is 2. The van der Waals surface area contributed by atoms with Crippen LogP contribution in [0.15, 0.2) is 12.1 Å². The van der Waals surface area contributed by atoms with Gasteiger partial charge in [0.25, 0.3) is 0 Å². The molecule has 0 amide bonds. The molecule has 1 fully saturated rings. The van der Waals surface area contributed by atoms with Gasteiger partial charge in [-0.15, -0.1) is 0 Å². The largest absolute Gasteiger partial charge is 0.504 e. The standard InChI is InChI=1S/C13H18ClNO2/c1-17-12-10(14)5-4-9(11(12)16)13(8-15)6-2-3-7-13/h4-5,16H,2-3,6-8,15H2,1H3. The van der Waals surface area contributed by atoms with Gasteiger partial charge in [-0.05, 0) is 18.9 Å². The van der Waals surface area contributed by atoms with Crippen LogP contribution in [0.2, 0.25) is 5.02 Å². The molecule has 0 bridgehead atoms. The number of ether oxygens (including phenoxy) is 1. The lowest BCUT2D eigenvalue weighted by molar-refractivity contribution is 0.355. The van der Waals surface area contributed by atoms with E-state index < -0.39 is 0 Å². The van der Waals surface area contributed by atoms with Gasteiger partial charge in [0.05, 0.1) is 12.1 Å². The number of rotatable bonds is 3. The highest BCUT2D eigenvalue weighted by molar-refractivity contribution is 6.32. The van der Waals surface area contributed by atoms with Crippen molar-refractivity contribution in [1.82, 2.24) is 0 Å². The van der Waals surface area contributed by atoms with Gasteiger partial charge in [-0.2, -0.15) is 0 Å². The van der Waals surface area contributed by atoms with E-state index in [1.165, 1.54) is 7.11 Å². The summed E-state index contributed by atoms with van der Waals surface area (Å²) in [4.78, 5) is 0. The Bertz CT molecular complexity index is 414. The van der Waals surface area contributed by atoms with Crippen molar-refractivity contribution in [3.63, 3.8) is 0 Å². The zero-order chi connectivity index (χ0) is 12.5. The minimum atomic E-state index is -0.109. The Kier molecular flexibility index (Phi) is 3.50. The maximum absolute atomic E-state index is 10.3. The van der Waals surface area contributed by atoms with E-state index in [9.17, 15) is 5.11 Å². The van der Waals surface area contributed by atoms with E-state index in [1.807, 2.05) is 6.07 Å². The van der Waals surface area contributed by atoms with Crippen LogP contribution in [0.3, 0.4) is 0 Å². The van der Waals surface area contributed by atoms with Crippen LogP contribution in [0.4, 0.5) is 0 Å². The van der Waals surface area contributed by atoms with Gasteiger partial charge in [0, 0.05) is 17.5 Å². The minimum Gasteiger partial charge on any atom is -0.504 e. The van der Waals surface area contributed by atoms with Crippen molar-refractivity contribution in [2.24, 2.45) is 5.73 Å². The summed E-state index contributed by atoms with van der Waals surface area (Å²) in [6, 6.07) is 3.64. The molecule has 4 heteroatoms. The number of benzene rings is 1. The Morgan fingerprint density at radius 1 is 1.41 bits per heavy atom. The second-order valence-corrected chi connectivity index (χ2v) is 5.08. The van der Waals surface area contributed by atoms with E-state index in [-0.39, 0.29) is 11.2 Å². The van der Waals surface area contributed by atoms with Gasteiger partial charge in [-0.25, -0.2) is 0 Å². The molecule has 0 aromatic heterocycles. The van der Waals surface area contributed by atoms with Crippen molar-refractivity contribution in [2.75, 3.05) is 13.7 Å². The van der Waals surface area contributed by atoms with Crippen LogP contribution in [0.1, 0.15) is 31.2 Å². The van der Waals surface area contributed by atoms with E-state index in [0.29, 0.717) is 17.3 Å². The highest BCUT2D eigenvalue weighted by Gasteiger charge is 2.37. The number of aromatic hydroxyl groups is 1. The van der Waals surface area contributed by atoms with Gasteiger partial charge in [0.2, 0.25) is 0 Å². The van der Waals surface area contributed by atoms with Gasteiger partial charge in [-0.3, -0.25) is 0 Å². The fraction of sp³-hybridized carbons (Fsp3) is 0.538. The summed E-state index contributed by atoms with van der Waals surface area (Å²) in [6.07, 6.45) is 4.34. The van der Waals surface area contributed by atoms with E-state index >= 15 is 0 Å². The zero-order valence-electron chi connectivity index (χ0n) is 10.0. The first-order valence-electron chi connectivity index (χ1n) is 5.90. The SMILES string of the molecule is COc1c(Cl)ccc(C2(CN)CCCC2)c1O. The third-order valence-corrected chi connectivity index (χ3v) is 4.11. The highest BCUT2D eigenvalue weighted by Crippen LogP contribution is 2.48. The molecule has 0 saturated heterocycles. The Hall–Kier alpha value is -0.930. The smallest absolute Gasteiger partial charge is 0.179 e. The average Bonchev–Trinajstić information content (AvgIpc) is 2.79. The van der Waals surface area contributed by atoms with Crippen LogP contribution in [0, 0.1) is 0 Å². The van der Waals surface area contributed by atoms with Crippen LogP contribution < -0.4 is 10.5 Å². The number of halogens is 1. The number of phenols is 1. The van der Waals surface area contributed by atoms with E-state index in [4.69, 9.17) is 22.1 Å². The molecule has 1 aliphatic carbocycles. The van der Waals surface area contributed by atoms with Crippen LogP contribution >= 0.6 is 11.6 Å². The molecular weight excluding hydrogens is 238 g/mol. The highest BCUT2D eigenvalue weighted by atomic mass is 35.5. The monoisotopic (exact) mass is 255 g/mol. The minimum absolute atomic E-state index is 0.109. The summed E-state index contributed by atoms with van der Waals surface area (Å²) in [5.41, 5.74) is 6.68. The van der Waals surface area contributed by atoms with Crippen LogP contribution in [-0.2, 0) is 5.41 Å². The summed E-state index contributed by atoms with van der Waals surface area (Å²) < 4.78 is 5.14. The first-order chi connectivity index (χ1) is 8.14. The molecular formula is C13H18ClNO2. The average molecular weight is 256 g/mol. The molecule has 3 nitrogen and oxygen atoms in total. The maximum atomic E-state index is 10.3. The molecule has 1 aliphatic rings. The molecule has 94 valence electrons. The van der Waals surface area contributed by atoms with Crippen molar-refractivity contribution in [2.45, 2.75) is 31.1 Å². The van der Waals surface area contributed by atoms with Crippen molar-refractivity contribution in [3.05, 3.63) is 22.7 Å². The third-order valence-electron chi connectivity index (χ3n) is 3.81. The Morgan fingerprint density at radius 3 is 2.59 bits per heavy atom. The molecule has 17 heavy (non-hydrogen) atoms. The molecule has 1 aromatic rings. The topological polar surface area (TPSA) is 55.5 Å². The summed E-state index contributed by atoms with van der Waals surface area (Å²) in [5.74, 6) is 0.497. The molecule has 0 aliphatic heterocycles. The molecule has 0 unspecified atom stereocenters. The van der Waals surface area contributed by atoms with Gasteiger partial charge >= 0.3 is 0 Å². The second kappa shape index (κ2) is 4.75. The third kappa shape index (κ3) is 1.98. The maximum Gasteiger partial charge on any atom is 0.179 e. The number of nitrogens with two attached hydrogens (primary N) is 1. The molecule has 1 saturated carbocycles. The molecule has 0 atom stereocenters. The fourth-order valence-electron chi connectivity index (χ4n) is 2.80. The molecule has 0 radical (unpaired) electrons. The van der Waals surface area contributed by atoms with Crippen molar-refractivity contribution < 1.29 is 9.84 Å². The first-order valence-corrected chi connectivity index (χ1v) is 6.28. The lowest BCUT2D eigenvalue weighted by Gasteiger charge is -2.29. The number of methoxy groups -OCH3 is 1. The molecule has 1 aromatic carbocycles. The second-order valence-electron chi connectivity index (χ2n) is 4.67. The molecule has 0 spiro atoms. The normalized spacial score (nSPS) is 18.3. The predicted molar refractivity (Wildman–Crippen MR) is 68.9 cm³/mol. The van der Waals surface area contributed by atoms with Gasteiger partial charge in [-0.1, -0.05) is 30.5 Å². The van der Waals surface area contributed by atoms with Crippen LogP contribution in [-0.4, -0.2) is 18.8 Å². The van der Waals surface area contributed by atoms with Gasteiger partial charge in [0.1, 0.15) is 0 Å². The summed E-state index contributed by atoms with van der Waals surface area (Å²) in [7, 11) is 1.51. The fourth-order valence-corrected chi connectivity index (χ4v) is 3.03. The Balaban J connectivity index is 2.51. The Morgan fingerprint density at radius 2 is 2.06 bits per heavy atom. The zero-order valence-corrected chi connectivity index (χ0v) is 10.8. The van der Waals surface area contributed by atoms with Crippen molar-refractivity contribution >= 4 is 11.6 Å². The van der Waals surface area contributed by atoms with Crippen LogP contribution in [0.5, 0.6) is 11.5 Å². The lowest BCUT2D eigenvalue weighted by Crippen LogP contribution is -2.32. The quantitative estimate of drug-likeness (QED) is 0.873. The summed E-state index contributed by atoms with van der Waals surface area (Å²) in [5, 5.41) is 10.7. The van der Waals surface area contributed by atoms with Gasteiger partial charge in [0.15, 0.2) is 11.5 Å². The summed E-state index contributed by atoms with van der Waals surface area (Å²) >= 11 is 5.98. The van der Waals surface area contributed by atoms with Crippen molar-refractivity contribution in [1.29, 1.82) is 0 Å². The number of hydrogen-bond acceptors (Lipinski definition) is 3. The van der Waals surface area contributed by atoms with E-state index in [2.05, 4.69) is 0 Å². The predicted octanol–water partition coefficient (Wildman–Crippen LogP) is 2.82. The van der Waals surface area contributed by atoms with Gasteiger partial charge < -0.3 is 15.6 Å². The van der Waals surface area contributed by atoms with Crippen LogP contribution in [0.25, 0.3) is 0 Å².